The Bertz CT molecular complexity index is 1000. The van der Waals surface area contributed by atoms with Crippen molar-refractivity contribution in [2.75, 3.05) is 0 Å². The third kappa shape index (κ3) is 1.98. The van der Waals surface area contributed by atoms with Gasteiger partial charge in [-0.3, -0.25) is 0 Å². The minimum Gasteiger partial charge on any atom is -0.476 e. The smallest absolute Gasteiger partial charge is 0.365 e. The van der Waals surface area contributed by atoms with Crippen molar-refractivity contribution in [3.63, 3.8) is 0 Å². The summed E-state index contributed by atoms with van der Waals surface area (Å²) in [5.74, 6) is -1.01. The molecule has 0 unspecified atom stereocenters. The van der Waals surface area contributed by atoms with E-state index in [-0.39, 0.29) is 5.01 Å². The standard InChI is InChI=1S/C16H9N3O2S/c20-16(21)15-19-13(8-22-15)12-7-18-14-11(12)5-10(6-17-14)9-3-1-2-4-9/h1-3,5-8H,(H,17,18)(H,20,21). The summed E-state index contributed by atoms with van der Waals surface area (Å²) in [5, 5.41) is 11.7. The first-order chi connectivity index (χ1) is 10.7. The molecule has 0 saturated carbocycles. The monoisotopic (exact) mass is 307 g/mol. The van der Waals surface area contributed by atoms with Crippen LogP contribution in [0.5, 0.6) is 0 Å². The molecule has 1 aliphatic carbocycles. The van der Waals surface area contributed by atoms with E-state index in [1.807, 2.05) is 24.3 Å². The fourth-order valence-electron chi connectivity index (χ4n) is 2.37. The summed E-state index contributed by atoms with van der Waals surface area (Å²) in [6.45, 7) is 0. The predicted octanol–water partition coefficient (Wildman–Crippen LogP) is 3.49. The molecule has 106 valence electrons. The van der Waals surface area contributed by atoms with Crippen LogP contribution in [0.15, 0.2) is 47.8 Å². The van der Waals surface area contributed by atoms with Gasteiger partial charge in [0.25, 0.3) is 0 Å². The fourth-order valence-corrected chi connectivity index (χ4v) is 3.02. The molecule has 0 amide bonds. The number of carboxylic acids is 1. The van der Waals surface area contributed by atoms with E-state index in [2.05, 4.69) is 20.7 Å². The number of pyridine rings is 1. The Balaban J connectivity index is 1.87. The zero-order valence-electron chi connectivity index (χ0n) is 11.2. The topological polar surface area (TPSA) is 78.9 Å². The van der Waals surface area contributed by atoms with Crippen LogP contribution in [0.3, 0.4) is 0 Å². The largest absolute Gasteiger partial charge is 0.476 e. The summed E-state index contributed by atoms with van der Waals surface area (Å²) in [4.78, 5) is 22.6. The van der Waals surface area contributed by atoms with Gasteiger partial charge in [-0.1, -0.05) is 6.08 Å². The molecule has 0 radical (unpaired) electrons. The van der Waals surface area contributed by atoms with Crippen LogP contribution in [-0.2, 0) is 0 Å². The number of thiazole rings is 1. The number of nitrogens with zero attached hydrogens (tertiary/aromatic N) is 2. The molecule has 0 atom stereocenters. The van der Waals surface area contributed by atoms with Gasteiger partial charge in [0.05, 0.1) is 5.69 Å². The molecule has 0 aromatic carbocycles. The molecule has 4 rings (SSSR count). The Morgan fingerprint density at radius 3 is 3.05 bits per heavy atom. The number of hydrogen-bond acceptors (Lipinski definition) is 4. The molecule has 22 heavy (non-hydrogen) atoms. The quantitative estimate of drug-likeness (QED) is 0.726. The van der Waals surface area contributed by atoms with Crippen LogP contribution in [-0.4, -0.2) is 26.0 Å². The van der Waals surface area contributed by atoms with Crippen molar-refractivity contribution in [1.82, 2.24) is 15.0 Å². The second kappa shape index (κ2) is 4.80. The maximum Gasteiger partial charge on any atom is 0.365 e. The maximum atomic E-state index is 11.0. The number of aromatic carboxylic acids is 1. The fraction of sp³-hybridized carbons (Fsp3) is 0. The number of aromatic nitrogens is 3. The Morgan fingerprint density at radius 1 is 1.41 bits per heavy atom. The van der Waals surface area contributed by atoms with Crippen LogP contribution in [0.25, 0.3) is 27.9 Å². The molecule has 0 bridgehead atoms. The molecule has 5 nitrogen and oxygen atoms in total. The number of carbonyl (C=O) groups is 1. The number of H-pyrrole nitrogens is 1. The van der Waals surface area contributed by atoms with Crippen LogP contribution >= 0.6 is 11.3 Å². The normalized spacial score (nSPS) is 13.0. The van der Waals surface area contributed by atoms with Crippen molar-refractivity contribution in [1.29, 1.82) is 0 Å². The van der Waals surface area contributed by atoms with Gasteiger partial charge in [-0.2, -0.15) is 0 Å². The van der Waals surface area contributed by atoms with Crippen molar-refractivity contribution >= 4 is 33.9 Å². The first kappa shape index (κ1) is 12.8. The molecule has 0 fully saturated rings. The molecule has 0 spiro atoms. The van der Waals surface area contributed by atoms with Crippen molar-refractivity contribution in [2.45, 2.75) is 0 Å². The summed E-state index contributed by atoms with van der Waals surface area (Å²) in [6.07, 6.45) is 9.35. The van der Waals surface area contributed by atoms with Crippen molar-refractivity contribution in [3.05, 3.63) is 58.4 Å². The zero-order valence-corrected chi connectivity index (χ0v) is 12.0. The minimum atomic E-state index is -1.01. The third-order valence-electron chi connectivity index (χ3n) is 3.40. The number of hydrogen-bond donors (Lipinski definition) is 2. The van der Waals surface area contributed by atoms with E-state index in [0.717, 1.165) is 39.1 Å². The molecule has 1 aliphatic rings. The van der Waals surface area contributed by atoms with E-state index in [4.69, 9.17) is 5.11 Å². The summed E-state index contributed by atoms with van der Waals surface area (Å²) < 4.78 is 0. The van der Waals surface area contributed by atoms with Crippen molar-refractivity contribution in [3.8, 4) is 11.3 Å². The SMILES string of the molecule is O=C(O)c1nc(-c2c[nH]c3ncc(C4=C=CC=C4)cc23)cs1. The highest BCUT2D eigenvalue weighted by atomic mass is 32.1. The summed E-state index contributed by atoms with van der Waals surface area (Å²) in [5.41, 5.74) is 7.32. The van der Waals surface area contributed by atoms with Gasteiger partial charge >= 0.3 is 5.97 Å². The van der Waals surface area contributed by atoms with Gasteiger partial charge in [0.1, 0.15) is 5.65 Å². The average molecular weight is 307 g/mol. The second-order valence-corrected chi connectivity index (χ2v) is 5.61. The molecule has 6 heteroatoms. The molecular formula is C16H9N3O2S. The van der Waals surface area contributed by atoms with E-state index in [1.54, 1.807) is 17.8 Å². The lowest BCUT2D eigenvalue weighted by Crippen LogP contribution is -1.94. The van der Waals surface area contributed by atoms with Gasteiger partial charge < -0.3 is 10.1 Å². The van der Waals surface area contributed by atoms with E-state index < -0.39 is 5.97 Å². The predicted molar refractivity (Wildman–Crippen MR) is 84.8 cm³/mol. The van der Waals surface area contributed by atoms with Crippen LogP contribution in [0.1, 0.15) is 15.4 Å². The zero-order chi connectivity index (χ0) is 15.1. The first-order valence-corrected chi connectivity index (χ1v) is 7.40. The van der Waals surface area contributed by atoms with Gasteiger partial charge in [0.2, 0.25) is 5.01 Å². The highest BCUT2D eigenvalue weighted by molar-refractivity contribution is 7.11. The Morgan fingerprint density at radius 2 is 2.32 bits per heavy atom. The maximum absolute atomic E-state index is 11.0. The van der Waals surface area contributed by atoms with Gasteiger partial charge in [-0.05, 0) is 18.2 Å². The Hall–Kier alpha value is -2.95. The molecule has 2 N–H and O–H groups in total. The average Bonchev–Trinajstić information content (AvgIpc) is 3.25. The first-order valence-electron chi connectivity index (χ1n) is 6.52. The summed E-state index contributed by atoms with van der Waals surface area (Å²) >= 11 is 1.12. The highest BCUT2D eigenvalue weighted by Gasteiger charge is 2.15. The molecule has 3 aromatic rings. The Kier molecular flexibility index (Phi) is 2.79. The van der Waals surface area contributed by atoms with Crippen LogP contribution in [0.4, 0.5) is 0 Å². The van der Waals surface area contributed by atoms with Crippen LogP contribution in [0, 0.1) is 0 Å². The van der Waals surface area contributed by atoms with Crippen LogP contribution in [0.2, 0.25) is 0 Å². The summed E-state index contributed by atoms with van der Waals surface area (Å²) in [6, 6.07) is 2.01. The lowest BCUT2D eigenvalue weighted by Gasteiger charge is -2.00. The van der Waals surface area contributed by atoms with E-state index in [0.29, 0.717) is 5.69 Å². The van der Waals surface area contributed by atoms with Gasteiger partial charge in [0, 0.05) is 39.9 Å². The van der Waals surface area contributed by atoms with E-state index in [9.17, 15) is 4.79 Å². The molecule has 0 saturated heterocycles. The number of carboxylic acid groups (broad SMARTS) is 1. The van der Waals surface area contributed by atoms with Crippen LogP contribution < -0.4 is 0 Å². The lowest BCUT2D eigenvalue weighted by atomic mass is 10.1. The molecule has 3 aromatic heterocycles. The minimum absolute atomic E-state index is 0.0813. The van der Waals surface area contributed by atoms with Gasteiger partial charge in [0.15, 0.2) is 0 Å². The highest BCUT2D eigenvalue weighted by Crippen LogP contribution is 2.31. The number of aromatic amines is 1. The lowest BCUT2D eigenvalue weighted by molar-refractivity contribution is 0.0696. The van der Waals surface area contributed by atoms with E-state index in [1.165, 1.54) is 0 Å². The van der Waals surface area contributed by atoms with Crippen molar-refractivity contribution in [2.24, 2.45) is 0 Å². The van der Waals surface area contributed by atoms with Crippen molar-refractivity contribution < 1.29 is 9.90 Å². The second-order valence-electron chi connectivity index (χ2n) is 4.75. The number of nitrogens with one attached hydrogen (secondary N) is 1. The number of allylic oxidation sites excluding steroid dienone is 3. The molecular weight excluding hydrogens is 298 g/mol. The summed E-state index contributed by atoms with van der Waals surface area (Å²) in [7, 11) is 0. The molecule has 0 aliphatic heterocycles. The number of fused-ring (bicyclic) bond motifs is 1. The molecule has 3 heterocycles. The number of rotatable bonds is 3. The third-order valence-corrected chi connectivity index (χ3v) is 4.23. The Labute approximate surface area is 129 Å². The van der Waals surface area contributed by atoms with Gasteiger partial charge in [-0.25, -0.2) is 14.8 Å². The van der Waals surface area contributed by atoms with Gasteiger partial charge in [-0.15, -0.1) is 17.1 Å². The van der Waals surface area contributed by atoms with E-state index >= 15 is 0 Å².